The Morgan fingerprint density at radius 2 is 0.895 bits per heavy atom. The minimum atomic E-state index is -0.205. The van der Waals surface area contributed by atoms with E-state index in [1.165, 1.54) is 33.4 Å². The fraction of sp³-hybridized carbons (Fsp3) is 0.562. The second kappa shape index (κ2) is 9.26. The van der Waals surface area contributed by atoms with Crippen LogP contribution in [0.4, 0.5) is 0 Å². The van der Waals surface area contributed by atoms with E-state index in [2.05, 4.69) is 139 Å². The molecule has 6 heteroatoms. The predicted octanol–water partition coefficient (Wildman–Crippen LogP) is 6.70. The van der Waals surface area contributed by atoms with Crippen LogP contribution in [0, 0.1) is 0 Å². The van der Waals surface area contributed by atoms with E-state index < -0.39 is 0 Å². The predicted molar refractivity (Wildman–Crippen MR) is 152 cm³/mol. The molecule has 6 nitrogen and oxygen atoms in total. The second-order valence-electron chi connectivity index (χ2n) is 13.4. The molecule has 2 aromatic rings. The lowest BCUT2D eigenvalue weighted by Crippen LogP contribution is -2.55. The molecule has 0 bridgehead atoms. The van der Waals surface area contributed by atoms with Gasteiger partial charge in [0, 0.05) is 0 Å². The van der Waals surface area contributed by atoms with Gasteiger partial charge in [-0.1, -0.05) is 54.1 Å². The molecule has 206 valence electrons. The summed E-state index contributed by atoms with van der Waals surface area (Å²) in [4.78, 5) is 13.0. The summed E-state index contributed by atoms with van der Waals surface area (Å²) in [6.07, 6.45) is 1.68. The molecule has 1 saturated carbocycles. The summed E-state index contributed by atoms with van der Waals surface area (Å²) >= 11 is 0. The van der Waals surface area contributed by atoms with Crippen molar-refractivity contribution in [1.29, 1.82) is 0 Å². The summed E-state index contributed by atoms with van der Waals surface area (Å²) in [5.74, 6) is 0. The number of allylic oxidation sites excluding steroid dienone is 1. The molecule has 0 spiro atoms. The molecule has 0 aromatic heterocycles. The Bertz CT molecular complexity index is 1080. The highest BCUT2D eigenvalue weighted by Crippen LogP contribution is 2.49. The molecule has 1 aliphatic carbocycles. The van der Waals surface area contributed by atoms with Crippen molar-refractivity contribution in [2.75, 3.05) is 0 Å². The number of fused-ring (bicyclic) bond motifs is 2. The van der Waals surface area contributed by atoms with Gasteiger partial charge in [-0.15, -0.1) is 11.2 Å². The van der Waals surface area contributed by atoms with Crippen molar-refractivity contribution in [1.82, 2.24) is 21.2 Å². The van der Waals surface area contributed by atoms with E-state index in [4.69, 9.17) is 9.68 Å². The quantitative estimate of drug-likeness (QED) is 0.328. The maximum absolute atomic E-state index is 6.49. The van der Waals surface area contributed by atoms with E-state index in [0.29, 0.717) is 0 Å². The molecule has 2 aliphatic heterocycles. The fourth-order valence-corrected chi connectivity index (χ4v) is 7.38. The average molecular weight is 519 g/mol. The lowest BCUT2D eigenvalue weighted by atomic mass is 9.91. The molecular weight excluding hydrogens is 472 g/mol. The number of hydrogen-bond donors (Lipinski definition) is 2. The smallest absolute Gasteiger partial charge is 0.105 e. The van der Waals surface area contributed by atoms with Gasteiger partial charge < -0.3 is 0 Å². The molecule has 2 atom stereocenters. The zero-order valence-corrected chi connectivity index (χ0v) is 24.9. The highest BCUT2D eigenvalue weighted by molar-refractivity contribution is 5.43. The van der Waals surface area contributed by atoms with E-state index in [9.17, 15) is 0 Å². The first kappa shape index (κ1) is 27.5. The Kier molecular flexibility index (Phi) is 6.70. The van der Waals surface area contributed by atoms with Gasteiger partial charge in [-0.05, 0) is 110 Å². The normalized spacial score (nSPS) is 26.9. The van der Waals surface area contributed by atoms with Gasteiger partial charge in [-0.3, -0.25) is 9.68 Å². The van der Waals surface area contributed by atoms with Gasteiger partial charge in [0.2, 0.25) is 0 Å². The maximum Gasteiger partial charge on any atom is 0.105 e. The largest absolute Gasteiger partial charge is 0.279 e. The Labute approximate surface area is 229 Å². The fourth-order valence-electron chi connectivity index (χ4n) is 7.38. The molecule has 1 fully saturated rings. The number of nitrogens with one attached hydrogen (secondary N) is 2. The monoisotopic (exact) mass is 518 g/mol. The number of hydrogen-bond acceptors (Lipinski definition) is 6. The van der Waals surface area contributed by atoms with Crippen molar-refractivity contribution < 1.29 is 9.68 Å². The maximum atomic E-state index is 6.49. The van der Waals surface area contributed by atoms with Crippen LogP contribution < -0.4 is 11.2 Å². The molecule has 0 radical (unpaired) electrons. The minimum absolute atomic E-state index is 0.0566. The van der Waals surface area contributed by atoms with E-state index >= 15 is 0 Å². The van der Waals surface area contributed by atoms with Crippen molar-refractivity contribution in [3.8, 4) is 0 Å². The van der Waals surface area contributed by atoms with Crippen LogP contribution in [0.1, 0.15) is 104 Å². The first-order chi connectivity index (χ1) is 17.7. The number of rotatable bonds is 6. The number of hydrazine groups is 2. The van der Waals surface area contributed by atoms with Crippen LogP contribution in [0.25, 0.3) is 0 Å². The zero-order chi connectivity index (χ0) is 27.7. The summed E-state index contributed by atoms with van der Waals surface area (Å²) in [5.41, 5.74) is 13.8. The highest BCUT2D eigenvalue weighted by Gasteiger charge is 2.51. The van der Waals surface area contributed by atoms with E-state index in [0.717, 1.165) is 12.8 Å². The Balaban J connectivity index is 1.29. The molecule has 5 rings (SSSR count). The van der Waals surface area contributed by atoms with Crippen molar-refractivity contribution in [3.05, 3.63) is 81.9 Å². The summed E-state index contributed by atoms with van der Waals surface area (Å²) in [6, 6.07) is 17.4. The van der Waals surface area contributed by atoms with Gasteiger partial charge in [0.15, 0.2) is 0 Å². The third-order valence-corrected chi connectivity index (χ3v) is 9.26. The third-order valence-electron chi connectivity index (χ3n) is 9.26. The summed E-state index contributed by atoms with van der Waals surface area (Å²) < 4.78 is 0. The lowest BCUT2D eigenvalue weighted by molar-refractivity contribution is -0.187. The van der Waals surface area contributed by atoms with Crippen LogP contribution in [-0.2, 0) is 31.8 Å². The minimum Gasteiger partial charge on any atom is -0.279 e. The van der Waals surface area contributed by atoms with Crippen LogP contribution in [0.5, 0.6) is 0 Å². The van der Waals surface area contributed by atoms with Crippen molar-refractivity contribution in [2.45, 2.75) is 116 Å². The van der Waals surface area contributed by atoms with E-state index in [1.54, 1.807) is 0 Å². The summed E-state index contributed by atoms with van der Waals surface area (Å²) in [7, 11) is 0. The summed E-state index contributed by atoms with van der Waals surface area (Å²) in [5, 5.41) is 4.51. The van der Waals surface area contributed by atoms with Gasteiger partial charge in [-0.2, -0.15) is 0 Å². The molecule has 2 aromatic carbocycles. The Morgan fingerprint density at radius 3 is 1.16 bits per heavy atom. The number of nitrogens with zero attached hydrogens (tertiary/aromatic N) is 2. The van der Waals surface area contributed by atoms with Crippen molar-refractivity contribution in [2.24, 2.45) is 0 Å². The van der Waals surface area contributed by atoms with Gasteiger partial charge in [0.1, 0.15) is 12.2 Å². The molecule has 0 amide bonds. The molecule has 2 heterocycles. The zero-order valence-electron chi connectivity index (χ0n) is 24.9. The van der Waals surface area contributed by atoms with Gasteiger partial charge in [0.25, 0.3) is 0 Å². The molecule has 3 aliphatic rings. The molecule has 0 saturated heterocycles. The van der Waals surface area contributed by atoms with E-state index in [1.807, 2.05) is 0 Å². The molecule has 2 N–H and O–H groups in total. The first-order valence-electron chi connectivity index (χ1n) is 14.0. The molecular formula is C32H46N4O2. The van der Waals surface area contributed by atoms with Crippen LogP contribution >= 0.6 is 0 Å². The lowest BCUT2D eigenvalue weighted by Gasteiger charge is -2.41. The van der Waals surface area contributed by atoms with Crippen molar-refractivity contribution >= 4 is 0 Å². The third kappa shape index (κ3) is 4.09. The molecule has 0 unspecified atom stereocenters. The highest BCUT2D eigenvalue weighted by atomic mass is 16.7. The van der Waals surface area contributed by atoms with Gasteiger partial charge in [-0.25, -0.2) is 10.0 Å². The van der Waals surface area contributed by atoms with Gasteiger partial charge >= 0.3 is 0 Å². The second-order valence-corrected chi connectivity index (χ2v) is 13.4. The Hall–Kier alpha value is -2.06. The van der Waals surface area contributed by atoms with Crippen LogP contribution in [0.2, 0.25) is 0 Å². The standard InChI is InChI=1S/C32H46N4O2/c1-21(2)28-26(37-33-35-29(3,4)22-15-11-12-16-23(22)30(35,5)6)19-20-27(28)38-34-36-31(7,8)24-17-13-14-18-25(24)32(36,9)10/h11-18,26-27,33-34H,19-20H2,1-10H3/t26-,27+. The van der Waals surface area contributed by atoms with Crippen LogP contribution in [-0.4, -0.2) is 22.2 Å². The average Bonchev–Trinajstić information content (AvgIpc) is 3.37. The van der Waals surface area contributed by atoms with E-state index in [-0.39, 0.29) is 34.4 Å². The molecule has 38 heavy (non-hydrogen) atoms. The van der Waals surface area contributed by atoms with Gasteiger partial charge in [0.05, 0.1) is 22.2 Å². The first-order valence-corrected chi connectivity index (χ1v) is 14.0. The summed E-state index contributed by atoms with van der Waals surface area (Å²) in [6.45, 7) is 22.3. The SMILES string of the molecule is CC(C)=C1[C@@H](ONN2C(C)(C)c3ccccc3C2(C)C)CC[C@H]1ONN1C(C)(C)c2ccccc2C1(C)C. The topological polar surface area (TPSA) is 49.0 Å². The Morgan fingerprint density at radius 1 is 0.605 bits per heavy atom. The van der Waals surface area contributed by atoms with Crippen LogP contribution in [0.15, 0.2) is 59.7 Å². The van der Waals surface area contributed by atoms with Crippen LogP contribution in [0.3, 0.4) is 0 Å². The number of benzene rings is 2. The van der Waals surface area contributed by atoms with Crippen molar-refractivity contribution in [3.63, 3.8) is 0 Å².